The van der Waals surface area contributed by atoms with E-state index in [0.29, 0.717) is 27.8 Å². The zero-order valence-electron chi connectivity index (χ0n) is 9.26. The maximum absolute atomic E-state index is 11.9. The monoisotopic (exact) mass is 260 g/mol. The minimum atomic E-state index is -0.106. The summed E-state index contributed by atoms with van der Waals surface area (Å²) in [5.41, 5.74) is 6.36. The molecule has 5 heteroatoms. The van der Waals surface area contributed by atoms with Crippen molar-refractivity contribution in [1.82, 2.24) is 4.90 Å². The average molecular weight is 261 g/mol. The molecule has 1 amide bonds. The van der Waals surface area contributed by atoms with Gasteiger partial charge in [0.05, 0.1) is 15.7 Å². The van der Waals surface area contributed by atoms with Gasteiger partial charge in [0.25, 0.3) is 5.91 Å². The molecule has 0 radical (unpaired) electrons. The Bertz CT molecular complexity index is 384. The Balaban J connectivity index is 3.01. The maximum atomic E-state index is 11.9. The third kappa shape index (κ3) is 2.80. The van der Waals surface area contributed by atoms with Gasteiger partial charge in [-0.15, -0.1) is 0 Å². The lowest BCUT2D eigenvalue weighted by Crippen LogP contribution is -2.27. The number of nitrogens with two attached hydrogens (primary N) is 1. The summed E-state index contributed by atoms with van der Waals surface area (Å²) < 4.78 is 0. The summed E-state index contributed by atoms with van der Waals surface area (Å²) in [5, 5.41) is 0.612. The highest BCUT2D eigenvalue weighted by Crippen LogP contribution is 2.29. The van der Waals surface area contributed by atoms with Crippen LogP contribution in [0.3, 0.4) is 0 Å². The Hall–Kier alpha value is -0.930. The number of hydrogen-bond donors (Lipinski definition) is 1. The first kappa shape index (κ1) is 13.1. The maximum Gasteiger partial charge on any atom is 0.253 e. The molecule has 0 spiro atoms. The number of nitrogens with zero attached hydrogens (tertiary/aromatic N) is 1. The Morgan fingerprint density at radius 3 is 2.31 bits per heavy atom. The van der Waals surface area contributed by atoms with Crippen LogP contribution in [-0.2, 0) is 0 Å². The zero-order chi connectivity index (χ0) is 12.3. The van der Waals surface area contributed by atoms with Crippen LogP contribution < -0.4 is 5.73 Å². The van der Waals surface area contributed by atoms with E-state index in [1.807, 2.05) is 6.92 Å². The second kappa shape index (κ2) is 5.41. The molecule has 0 unspecified atom stereocenters. The number of amides is 1. The van der Waals surface area contributed by atoms with Gasteiger partial charge in [0.15, 0.2) is 0 Å². The first-order chi connectivity index (χ1) is 7.47. The van der Waals surface area contributed by atoms with Crippen LogP contribution in [0.15, 0.2) is 12.1 Å². The van der Waals surface area contributed by atoms with Gasteiger partial charge < -0.3 is 10.6 Å². The third-order valence-corrected chi connectivity index (χ3v) is 2.86. The molecular formula is C11H14Cl2N2O. The van der Waals surface area contributed by atoms with E-state index >= 15 is 0 Å². The number of benzene rings is 1. The summed E-state index contributed by atoms with van der Waals surface area (Å²) in [6, 6.07) is 3.08. The van der Waals surface area contributed by atoms with Crippen LogP contribution >= 0.6 is 23.2 Å². The van der Waals surface area contributed by atoms with Gasteiger partial charge in [-0.25, -0.2) is 0 Å². The summed E-state index contributed by atoms with van der Waals surface area (Å²) in [6.45, 7) is 2.70. The minimum Gasteiger partial charge on any atom is -0.396 e. The van der Waals surface area contributed by atoms with Crippen molar-refractivity contribution in [3.63, 3.8) is 0 Å². The fourth-order valence-corrected chi connectivity index (χ4v) is 1.85. The van der Waals surface area contributed by atoms with Crippen LogP contribution in [0.25, 0.3) is 0 Å². The van der Waals surface area contributed by atoms with E-state index in [-0.39, 0.29) is 5.91 Å². The van der Waals surface area contributed by atoms with Crippen molar-refractivity contribution in [2.45, 2.75) is 13.3 Å². The summed E-state index contributed by atoms with van der Waals surface area (Å²) >= 11 is 11.7. The van der Waals surface area contributed by atoms with Crippen LogP contribution in [0, 0.1) is 0 Å². The number of nitrogen functional groups attached to an aromatic ring is 1. The van der Waals surface area contributed by atoms with Gasteiger partial charge in [-0.3, -0.25) is 4.79 Å². The molecule has 0 bridgehead atoms. The van der Waals surface area contributed by atoms with Crippen LogP contribution in [0.4, 0.5) is 5.69 Å². The lowest BCUT2D eigenvalue weighted by atomic mass is 10.2. The second-order valence-electron chi connectivity index (χ2n) is 3.58. The Morgan fingerprint density at radius 2 is 1.88 bits per heavy atom. The lowest BCUT2D eigenvalue weighted by molar-refractivity contribution is 0.0795. The van der Waals surface area contributed by atoms with Gasteiger partial charge >= 0.3 is 0 Å². The fourth-order valence-electron chi connectivity index (χ4n) is 1.37. The summed E-state index contributed by atoms with van der Waals surface area (Å²) in [4.78, 5) is 13.5. The van der Waals surface area contributed by atoms with Crippen molar-refractivity contribution >= 4 is 34.8 Å². The molecule has 88 valence electrons. The molecule has 2 N–H and O–H groups in total. The SMILES string of the molecule is CCCN(C)C(=O)c1cc(Cl)c(N)c(Cl)c1. The molecule has 0 saturated heterocycles. The van der Waals surface area contributed by atoms with Crippen molar-refractivity contribution < 1.29 is 4.79 Å². The van der Waals surface area contributed by atoms with Crippen LogP contribution in [0.5, 0.6) is 0 Å². The van der Waals surface area contributed by atoms with E-state index in [1.165, 1.54) is 12.1 Å². The molecule has 0 aliphatic carbocycles. The topological polar surface area (TPSA) is 46.3 Å². The molecule has 0 aliphatic heterocycles. The summed E-state index contributed by atoms with van der Waals surface area (Å²) in [7, 11) is 1.74. The normalized spacial score (nSPS) is 10.2. The largest absolute Gasteiger partial charge is 0.396 e. The van der Waals surface area contributed by atoms with Crippen molar-refractivity contribution in [2.24, 2.45) is 0 Å². The predicted molar refractivity (Wildman–Crippen MR) is 68.1 cm³/mol. The van der Waals surface area contributed by atoms with E-state index < -0.39 is 0 Å². The number of carbonyl (C=O) groups excluding carboxylic acids is 1. The van der Waals surface area contributed by atoms with E-state index in [0.717, 1.165) is 6.42 Å². The van der Waals surface area contributed by atoms with Crippen molar-refractivity contribution in [2.75, 3.05) is 19.3 Å². The molecule has 0 aromatic heterocycles. The van der Waals surface area contributed by atoms with E-state index in [2.05, 4.69) is 0 Å². The fraction of sp³-hybridized carbons (Fsp3) is 0.364. The van der Waals surface area contributed by atoms with Crippen LogP contribution in [-0.4, -0.2) is 24.4 Å². The Morgan fingerprint density at radius 1 is 1.38 bits per heavy atom. The van der Waals surface area contributed by atoms with E-state index in [4.69, 9.17) is 28.9 Å². The highest BCUT2D eigenvalue weighted by Gasteiger charge is 2.14. The molecule has 0 fully saturated rings. The first-order valence-electron chi connectivity index (χ1n) is 4.97. The molecule has 1 rings (SSSR count). The molecular weight excluding hydrogens is 247 g/mol. The number of halogens is 2. The van der Waals surface area contributed by atoms with Crippen LogP contribution in [0.2, 0.25) is 10.0 Å². The number of carbonyl (C=O) groups is 1. The van der Waals surface area contributed by atoms with Gasteiger partial charge in [-0.05, 0) is 18.6 Å². The molecule has 3 nitrogen and oxygen atoms in total. The lowest BCUT2D eigenvalue weighted by Gasteiger charge is -2.16. The quantitative estimate of drug-likeness (QED) is 0.850. The molecule has 0 aliphatic rings. The third-order valence-electron chi connectivity index (χ3n) is 2.23. The van der Waals surface area contributed by atoms with Gasteiger partial charge in [-0.2, -0.15) is 0 Å². The summed E-state index contributed by atoms with van der Waals surface area (Å²) in [5.74, 6) is -0.106. The van der Waals surface area contributed by atoms with Gasteiger partial charge in [0.2, 0.25) is 0 Å². The number of anilines is 1. The molecule has 16 heavy (non-hydrogen) atoms. The molecule has 0 atom stereocenters. The average Bonchev–Trinajstić information content (AvgIpc) is 2.24. The number of hydrogen-bond acceptors (Lipinski definition) is 2. The van der Waals surface area contributed by atoms with Crippen LogP contribution in [0.1, 0.15) is 23.7 Å². The standard InChI is InChI=1S/C11H14Cl2N2O/c1-3-4-15(2)11(16)7-5-8(12)10(14)9(13)6-7/h5-6H,3-4,14H2,1-2H3. The molecule has 1 aromatic carbocycles. The molecule has 0 heterocycles. The highest BCUT2D eigenvalue weighted by atomic mass is 35.5. The van der Waals surface area contributed by atoms with Crippen molar-refractivity contribution in [3.05, 3.63) is 27.7 Å². The molecule has 1 aromatic rings. The first-order valence-corrected chi connectivity index (χ1v) is 5.73. The van der Waals surface area contributed by atoms with Gasteiger partial charge in [0.1, 0.15) is 0 Å². The summed E-state index contributed by atoms with van der Waals surface area (Å²) in [6.07, 6.45) is 0.901. The smallest absolute Gasteiger partial charge is 0.253 e. The minimum absolute atomic E-state index is 0.106. The predicted octanol–water partition coefficient (Wildman–Crippen LogP) is 3.06. The van der Waals surface area contributed by atoms with Crippen molar-refractivity contribution in [1.29, 1.82) is 0 Å². The Labute approximate surface area is 105 Å². The highest BCUT2D eigenvalue weighted by molar-refractivity contribution is 6.39. The second-order valence-corrected chi connectivity index (χ2v) is 4.39. The van der Waals surface area contributed by atoms with E-state index in [1.54, 1.807) is 11.9 Å². The van der Waals surface area contributed by atoms with E-state index in [9.17, 15) is 4.79 Å². The van der Waals surface area contributed by atoms with Crippen molar-refractivity contribution in [3.8, 4) is 0 Å². The van der Waals surface area contributed by atoms with Gasteiger partial charge in [-0.1, -0.05) is 30.1 Å². The zero-order valence-corrected chi connectivity index (χ0v) is 10.8. The molecule has 0 saturated carbocycles. The number of rotatable bonds is 3. The van der Waals surface area contributed by atoms with Gasteiger partial charge in [0, 0.05) is 19.2 Å². The Kier molecular flexibility index (Phi) is 4.44.